The van der Waals surface area contributed by atoms with Crippen molar-refractivity contribution in [2.45, 2.75) is 24.6 Å². The van der Waals surface area contributed by atoms with Gasteiger partial charge in [-0.15, -0.1) is 22.9 Å². The van der Waals surface area contributed by atoms with Crippen LogP contribution in [0.25, 0.3) is 0 Å². The van der Waals surface area contributed by atoms with E-state index in [4.69, 9.17) is 11.6 Å². The number of nitrogens with zero attached hydrogens (tertiary/aromatic N) is 1. The van der Waals surface area contributed by atoms with E-state index in [1.54, 1.807) is 17.4 Å². The maximum atomic E-state index is 10.9. The molecule has 0 aromatic carbocycles. The number of thiophene rings is 1. The van der Waals surface area contributed by atoms with E-state index in [0.29, 0.717) is 5.57 Å². The Labute approximate surface area is 121 Å². The summed E-state index contributed by atoms with van der Waals surface area (Å²) in [5.74, 6) is 1.88. The van der Waals surface area contributed by atoms with Crippen molar-refractivity contribution in [3.05, 3.63) is 45.8 Å². The number of hydrogen-bond acceptors (Lipinski definition) is 3. The van der Waals surface area contributed by atoms with Gasteiger partial charge in [0.25, 0.3) is 0 Å². The van der Waals surface area contributed by atoms with Crippen LogP contribution in [0.1, 0.15) is 17.7 Å². The molecule has 0 saturated heterocycles. The Bertz CT molecular complexity index is 595. The van der Waals surface area contributed by atoms with Gasteiger partial charge in [0.05, 0.1) is 11.3 Å². The van der Waals surface area contributed by atoms with Gasteiger partial charge in [-0.1, -0.05) is 6.08 Å². The fourth-order valence-electron chi connectivity index (χ4n) is 2.54. The molecule has 19 heavy (non-hydrogen) atoms. The number of fused-ring (bicyclic) bond motifs is 1. The van der Waals surface area contributed by atoms with Crippen molar-refractivity contribution in [1.82, 2.24) is 0 Å². The lowest BCUT2D eigenvalue weighted by atomic mass is 10.0. The van der Waals surface area contributed by atoms with E-state index in [-0.39, 0.29) is 0 Å². The lowest BCUT2D eigenvalue weighted by molar-refractivity contribution is 0.567. The molecule has 1 aliphatic carbocycles. The van der Waals surface area contributed by atoms with Gasteiger partial charge in [-0.3, -0.25) is 0 Å². The van der Waals surface area contributed by atoms with Crippen LogP contribution in [0.3, 0.4) is 0 Å². The van der Waals surface area contributed by atoms with Crippen molar-refractivity contribution in [1.29, 1.82) is 0 Å². The number of anilines is 1. The summed E-state index contributed by atoms with van der Waals surface area (Å²) in [7, 11) is 0. The summed E-state index contributed by atoms with van der Waals surface area (Å²) in [6.07, 6.45) is 10.0. The van der Waals surface area contributed by atoms with Crippen molar-refractivity contribution in [2.24, 2.45) is 0 Å². The first-order valence-electron chi connectivity index (χ1n) is 6.34. The van der Waals surface area contributed by atoms with Crippen LogP contribution in [0.2, 0.25) is 0 Å². The summed E-state index contributed by atoms with van der Waals surface area (Å²) in [6, 6.07) is 2.14. The Hall–Kier alpha value is -1.28. The smallest absolute Gasteiger partial charge is 0.130 e. The molecule has 1 aromatic rings. The highest BCUT2D eigenvalue weighted by molar-refractivity contribution is 7.10. The van der Waals surface area contributed by atoms with E-state index >= 15 is 0 Å². The van der Waals surface area contributed by atoms with Gasteiger partial charge in [0.1, 0.15) is 11.3 Å². The molecule has 3 rings (SSSR count). The molecule has 0 fully saturated rings. The number of carbonyl (C=O) groups excluding carboxylic acids is 1. The largest absolute Gasteiger partial charge is 0.342 e. The van der Waals surface area contributed by atoms with Gasteiger partial charge >= 0.3 is 0 Å². The van der Waals surface area contributed by atoms with Gasteiger partial charge in [-0.25, -0.2) is 4.79 Å². The molecule has 1 aromatic heterocycles. The van der Waals surface area contributed by atoms with Crippen molar-refractivity contribution < 1.29 is 4.79 Å². The molecule has 1 atom stereocenters. The minimum absolute atomic E-state index is 0.389. The molecule has 2 aliphatic rings. The maximum absolute atomic E-state index is 10.9. The first-order valence-corrected chi connectivity index (χ1v) is 7.66. The fraction of sp³-hybridized carbons (Fsp3) is 0.333. The zero-order chi connectivity index (χ0) is 13.2. The Balaban J connectivity index is 2.01. The van der Waals surface area contributed by atoms with Gasteiger partial charge in [-0.05, 0) is 42.9 Å². The van der Waals surface area contributed by atoms with Crippen molar-refractivity contribution in [2.75, 3.05) is 11.4 Å². The molecule has 0 amide bonds. The number of allylic oxidation sites excluding steroid dienone is 4. The molecule has 0 spiro atoms. The van der Waals surface area contributed by atoms with Crippen LogP contribution >= 0.6 is 22.9 Å². The van der Waals surface area contributed by atoms with Gasteiger partial charge < -0.3 is 4.90 Å². The molecular formula is C15H13ClNOS. The molecular weight excluding hydrogens is 278 g/mol. The Morgan fingerprint density at radius 3 is 3.21 bits per heavy atom. The van der Waals surface area contributed by atoms with E-state index in [1.165, 1.54) is 17.0 Å². The fourth-order valence-corrected chi connectivity index (χ4v) is 3.76. The summed E-state index contributed by atoms with van der Waals surface area (Å²) in [5, 5.41) is 1.67. The van der Waals surface area contributed by atoms with E-state index < -0.39 is 5.38 Å². The average molecular weight is 291 g/mol. The topological polar surface area (TPSA) is 20.3 Å². The lowest BCUT2D eigenvalue weighted by Crippen LogP contribution is -2.30. The van der Waals surface area contributed by atoms with E-state index in [0.717, 1.165) is 25.1 Å². The Kier molecular flexibility index (Phi) is 3.61. The minimum Gasteiger partial charge on any atom is -0.342 e. The summed E-state index contributed by atoms with van der Waals surface area (Å²) >= 11 is 8.17. The predicted molar refractivity (Wildman–Crippen MR) is 79.3 cm³/mol. The van der Waals surface area contributed by atoms with Crippen LogP contribution in [0.15, 0.2) is 34.9 Å². The van der Waals surface area contributed by atoms with Crippen LogP contribution in [0, 0.1) is 6.08 Å². The highest BCUT2D eigenvalue weighted by Gasteiger charge is 2.27. The molecule has 0 bridgehead atoms. The van der Waals surface area contributed by atoms with E-state index in [9.17, 15) is 4.79 Å². The number of halogens is 1. The first-order chi connectivity index (χ1) is 9.31. The zero-order valence-electron chi connectivity index (χ0n) is 10.4. The second-order valence-electron chi connectivity index (χ2n) is 4.62. The summed E-state index contributed by atoms with van der Waals surface area (Å²) in [4.78, 5) is 14.5. The standard InChI is InChI=1S/C15H13ClNOS/c16-15-11(10-18)4-3-5-13(15)17-8-2-1-6-14-12(17)7-9-19-14/h3,5,7,9,15H,1-2,6,8H2. The number of hydrogen-bond donors (Lipinski definition) is 0. The maximum Gasteiger partial charge on any atom is 0.130 e. The summed E-state index contributed by atoms with van der Waals surface area (Å²) < 4.78 is 0. The third kappa shape index (κ3) is 2.30. The van der Waals surface area contributed by atoms with Crippen LogP contribution in [-0.4, -0.2) is 17.9 Å². The summed E-state index contributed by atoms with van der Waals surface area (Å²) in [5.41, 5.74) is 2.58. The predicted octanol–water partition coefficient (Wildman–Crippen LogP) is 3.51. The average Bonchev–Trinajstić information content (AvgIpc) is 2.80. The first kappa shape index (κ1) is 12.7. The molecule has 1 unspecified atom stereocenters. The van der Waals surface area contributed by atoms with Crippen LogP contribution in [0.4, 0.5) is 5.69 Å². The molecule has 2 heterocycles. The van der Waals surface area contributed by atoms with Crippen molar-refractivity contribution in [3.63, 3.8) is 0 Å². The second-order valence-corrected chi connectivity index (χ2v) is 6.06. The lowest BCUT2D eigenvalue weighted by Gasteiger charge is -2.30. The Morgan fingerprint density at radius 1 is 1.47 bits per heavy atom. The van der Waals surface area contributed by atoms with E-state index in [2.05, 4.69) is 22.4 Å². The third-order valence-corrected chi connectivity index (χ3v) is 4.89. The molecule has 4 heteroatoms. The van der Waals surface area contributed by atoms with Gasteiger partial charge in [0.15, 0.2) is 0 Å². The van der Waals surface area contributed by atoms with Gasteiger partial charge in [0, 0.05) is 17.1 Å². The Morgan fingerprint density at radius 2 is 2.37 bits per heavy atom. The normalized spacial score (nSPS) is 22.6. The quantitative estimate of drug-likeness (QED) is 0.583. The van der Waals surface area contributed by atoms with Crippen molar-refractivity contribution >= 4 is 34.6 Å². The van der Waals surface area contributed by atoms with E-state index in [1.807, 2.05) is 12.0 Å². The van der Waals surface area contributed by atoms with Gasteiger partial charge in [0.2, 0.25) is 0 Å². The number of alkyl halides is 1. The SMILES string of the molecule is O=C=C1[C]=CC=C(N2CCCCc3sccc32)C1Cl. The number of aryl methyl sites for hydroxylation is 1. The van der Waals surface area contributed by atoms with Gasteiger partial charge in [-0.2, -0.15) is 0 Å². The number of rotatable bonds is 1. The highest BCUT2D eigenvalue weighted by Crippen LogP contribution is 2.36. The molecule has 1 aliphatic heterocycles. The molecule has 1 radical (unpaired) electrons. The minimum atomic E-state index is -0.451. The molecule has 97 valence electrons. The van der Waals surface area contributed by atoms with Crippen LogP contribution in [-0.2, 0) is 11.2 Å². The zero-order valence-corrected chi connectivity index (χ0v) is 11.9. The second kappa shape index (κ2) is 5.38. The molecule has 0 N–H and O–H groups in total. The van der Waals surface area contributed by atoms with Crippen LogP contribution in [0.5, 0.6) is 0 Å². The summed E-state index contributed by atoms with van der Waals surface area (Å²) in [6.45, 7) is 0.943. The van der Waals surface area contributed by atoms with Crippen molar-refractivity contribution in [3.8, 4) is 0 Å². The molecule has 2 nitrogen and oxygen atoms in total. The highest BCUT2D eigenvalue weighted by atomic mass is 35.5. The molecule has 0 saturated carbocycles. The third-order valence-electron chi connectivity index (χ3n) is 3.48. The monoisotopic (exact) mass is 290 g/mol. The van der Waals surface area contributed by atoms with Crippen LogP contribution < -0.4 is 4.90 Å².